The zero-order valence-corrected chi connectivity index (χ0v) is 22.7. The van der Waals surface area contributed by atoms with Gasteiger partial charge in [-0.05, 0) is 67.1 Å². The van der Waals surface area contributed by atoms with Crippen LogP contribution in [0.25, 0.3) is 20.7 Å². The summed E-state index contributed by atoms with van der Waals surface area (Å²) in [5.74, 6) is 0.0311. The molecule has 0 atom stereocenters. The molecule has 0 radical (unpaired) electrons. The monoisotopic (exact) mass is 540 g/mol. The van der Waals surface area contributed by atoms with Gasteiger partial charge in [-0.1, -0.05) is 18.2 Å². The fourth-order valence-electron chi connectivity index (χ4n) is 4.12. The molecule has 0 N–H and O–H groups in total. The molecule has 10 heteroatoms. The lowest BCUT2D eigenvalue weighted by atomic mass is 10.1. The lowest BCUT2D eigenvalue weighted by molar-refractivity contribution is -0.143. The van der Waals surface area contributed by atoms with Gasteiger partial charge in [-0.3, -0.25) is 14.2 Å². The first-order valence-corrected chi connectivity index (χ1v) is 13.7. The number of aromatic nitrogens is 2. The zero-order chi connectivity index (χ0) is 26.5. The van der Waals surface area contributed by atoms with Crippen LogP contribution in [0.1, 0.15) is 18.1 Å². The summed E-state index contributed by atoms with van der Waals surface area (Å²) in [5, 5.41) is 0.422. The fourth-order valence-corrected chi connectivity index (χ4v) is 6.03. The largest absolute Gasteiger partial charge is 0.468 e. The summed E-state index contributed by atoms with van der Waals surface area (Å²) in [6.45, 7) is 3.68. The van der Waals surface area contributed by atoms with E-state index in [2.05, 4.69) is 0 Å². The van der Waals surface area contributed by atoms with Crippen molar-refractivity contribution in [3.05, 3.63) is 80.5 Å². The van der Waals surface area contributed by atoms with Crippen LogP contribution in [0.5, 0.6) is 5.75 Å². The SMILES string of the molecule is CCOC(=O)Cn1c(=O)c2c(C)c(-c3ccc(OCOC)cc3)sc2n(Cc2ccccc2SC)c1=O. The number of nitrogens with zero attached hydrogens (tertiary/aromatic N) is 2. The Morgan fingerprint density at radius 3 is 2.46 bits per heavy atom. The van der Waals surface area contributed by atoms with E-state index in [9.17, 15) is 14.4 Å². The maximum Gasteiger partial charge on any atom is 0.332 e. The van der Waals surface area contributed by atoms with Crippen molar-refractivity contribution in [3.8, 4) is 16.2 Å². The molecule has 0 bridgehead atoms. The Balaban J connectivity index is 1.92. The van der Waals surface area contributed by atoms with E-state index in [4.69, 9.17) is 14.2 Å². The van der Waals surface area contributed by atoms with Crippen molar-refractivity contribution in [2.75, 3.05) is 26.8 Å². The van der Waals surface area contributed by atoms with E-state index in [0.29, 0.717) is 16.0 Å². The summed E-state index contributed by atoms with van der Waals surface area (Å²) in [5.41, 5.74) is 1.55. The van der Waals surface area contributed by atoms with Gasteiger partial charge in [0.1, 0.15) is 17.1 Å². The number of hydrogen-bond acceptors (Lipinski definition) is 8. The van der Waals surface area contributed by atoms with Gasteiger partial charge in [-0.2, -0.15) is 0 Å². The molecule has 2 heterocycles. The Morgan fingerprint density at radius 2 is 1.78 bits per heavy atom. The number of carbonyl (C=O) groups is 1. The van der Waals surface area contributed by atoms with Gasteiger partial charge in [-0.25, -0.2) is 9.36 Å². The summed E-state index contributed by atoms with van der Waals surface area (Å²) in [6, 6.07) is 15.3. The number of thiophene rings is 1. The average molecular weight is 541 g/mol. The molecular formula is C27H28N2O6S2. The minimum Gasteiger partial charge on any atom is -0.468 e. The standard InChI is InChI=1S/C27H28N2O6S2/c1-5-34-22(30)15-28-25(31)23-17(2)24(18-10-12-20(13-11-18)35-16-33-3)37-26(23)29(27(28)32)14-19-8-6-7-9-21(19)36-4/h6-13H,5,14-16H2,1-4H3. The molecule has 0 unspecified atom stereocenters. The van der Waals surface area contributed by atoms with Gasteiger partial charge in [0.25, 0.3) is 5.56 Å². The molecule has 0 amide bonds. The molecule has 4 aromatic rings. The number of esters is 1. The Labute approximate surface area is 222 Å². The first-order chi connectivity index (χ1) is 17.9. The van der Waals surface area contributed by atoms with Gasteiger partial charge in [0.2, 0.25) is 0 Å². The summed E-state index contributed by atoms with van der Waals surface area (Å²) in [4.78, 5) is 42.0. The molecule has 37 heavy (non-hydrogen) atoms. The van der Waals surface area contributed by atoms with E-state index in [0.717, 1.165) is 31.0 Å². The summed E-state index contributed by atoms with van der Waals surface area (Å²) in [7, 11) is 1.56. The molecule has 2 aromatic heterocycles. The molecule has 0 fully saturated rings. The Morgan fingerprint density at radius 1 is 1.05 bits per heavy atom. The first-order valence-electron chi connectivity index (χ1n) is 11.7. The van der Waals surface area contributed by atoms with Crippen LogP contribution in [0.4, 0.5) is 0 Å². The molecule has 0 spiro atoms. The molecule has 0 aliphatic rings. The normalized spacial score (nSPS) is 11.1. The molecule has 4 rings (SSSR count). The number of thioether (sulfide) groups is 1. The molecule has 194 valence electrons. The smallest absolute Gasteiger partial charge is 0.332 e. The molecular weight excluding hydrogens is 512 g/mol. The Kier molecular flexibility index (Phi) is 8.52. The molecule has 0 saturated carbocycles. The van der Waals surface area contributed by atoms with Crippen LogP contribution in [-0.2, 0) is 27.4 Å². The van der Waals surface area contributed by atoms with Crippen molar-refractivity contribution in [3.63, 3.8) is 0 Å². The van der Waals surface area contributed by atoms with Crippen LogP contribution in [0, 0.1) is 6.92 Å². The second kappa shape index (κ2) is 11.8. The van der Waals surface area contributed by atoms with Gasteiger partial charge >= 0.3 is 11.7 Å². The highest BCUT2D eigenvalue weighted by molar-refractivity contribution is 7.98. The van der Waals surface area contributed by atoms with Gasteiger partial charge in [0.15, 0.2) is 6.79 Å². The predicted octanol–water partition coefficient (Wildman–Crippen LogP) is 4.52. The minimum atomic E-state index is -0.628. The van der Waals surface area contributed by atoms with Gasteiger partial charge in [0, 0.05) is 16.9 Å². The quantitative estimate of drug-likeness (QED) is 0.166. The molecule has 0 aliphatic carbocycles. The number of fused-ring (bicyclic) bond motifs is 1. The molecule has 2 aromatic carbocycles. The Bertz CT molecular complexity index is 1540. The summed E-state index contributed by atoms with van der Waals surface area (Å²) < 4.78 is 18.0. The van der Waals surface area contributed by atoms with Gasteiger partial charge in [-0.15, -0.1) is 23.1 Å². The van der Waals surface area contributed by atoms with E-state index in [1.165, 1.54) is 11.3 Å². The van der Waals surface area contributed by atoms with Crippen LogP contribution in [-0.4, -0.2) is 41.9 Å². The van der Waals surface area contributed by atoms with E-state index < -0.39 is 23.8 Å². The van der Waals surface area contributed by atoms with Crippen molar-refractivity contribution in [2.45, 2.75) is 31.8 Å². The molecule has 8 nitrogen and oxygen atoms in total. The lowest BCUT2D eigenvalue weighted by Crippen LogP contribution is -2.42. The number of hydrogen-bond donors (Lipinski definition) is 0. The van der Waals surface area contributed by atoms with Crippen molar-refractivity contribution < 1.29 is 19.0 Å². The summed E-state index contributed by atoms with van der Waals surface area (Å²) >= 11 is 2.97. The summed E-state index contributed by atoms with van der Waals surface area (Å²) in [6.07, 6.45) is 1.98. The van der Waals surface area contributed by atoms with Gasteiger partial charge < -0.3 is 14.2 Å². The number of benzene rings is 2. The first kappa shape index (κ1) is 26.7. The number of aryl methyl sites for hydroxylation is 1. The van der Waals surface area contributed by atoms with E-state index in [-0.39, 0.29) is 19.9 Å². The highest BCUT2D eigenvalue weighted by atomic mass is 32.2. The average Bonchev–Trinajstić information content (AvgIpc) is 3.25. The third-order valence-electron chi connectivity index (χ3n) is 5.87. The number of methoxy groups -OCH3 is 1. The van der Waals surface area contributed by atoms with E-state index >= 15 is 0 Å². The number of rotatable bonds is 10. The van der Waals surface area contributed by atoms with Gasteiger partial charge in [0.05, 0.1) is 18.5 Å². The second-order valence-electron chi connectivity index (χ2n) is 8.19. The number of ether oxygens (including phenoxy) is 3. The van der Waals surface area contributed by atoms with Crippen LogP contribution in [0.15, 0.2) is 63.0 Å². The highest BCUT2D eigenvalue weighted by Crippen LogP contribution is 2.37. The number of carbonyl (C=O) groups excluding carboxylic acids is 1. The maximum absolute atomic E-state index is 13.6. The Hall–Kier alpha value is -3.34. The van der Waals surface area contributed by atoms with Crippen LogP contribution >= 0.6 is 23.1 Å². The third-order valence-corrected chi connectivity index (χ3v) is 8.07. The highest BCUT2D eigenvalue weighted by Gasteiger charge is 2.23. The third kappa shape index (κ3) is 5.51. The predicted molar refractivity (Wildman–Crippen MR) is 147 cm³/mol. The zero-order valence-electron chi connectivity index (χ0n) is 21.1. The van der Waals surface area contributed by atoms with Crippen molar-refractivity contribution in [1.29, 1.82) is 0 Å². The van der Waals surface area contributed by atoms with Crippen molar-refractivity contribution in [1.82, 2.24) is 9.13 Å². The van der Waals surface area contributed by atoms with E-state index in [1.54, 1.807) is 30.4 Å². The van der Waals surface area contributed by atoms with Crippen molar-refractivity contribution >= 4 is 39.3 Å². The second-order valence-corrected chi connectivity index (χ2v) is 10.0. The molecule has 0 saturated heterocycles. The van der Waals surface area contributed by atoms with Crippen LogP contribution in [0.2, 0.25) is 0 Å². The van der Waals surface area contributed by atoms with Crippen LogP contribution < -0.4 is 16.0 Å². The topological polar surface area (TPSA) is 88.8 Å². The molecule has 0 aliphatic heterocycles. The van der Waals surface area contributed by atoms with Crippen molar-refractivity contribution in [2.24, 2.45) is 0 Å². The fraction of sp³-hybridized carbons (Fsp3) is 0.296. The lowest BCUT2D eigenvalue weighted by Gasteiger charge is -2.13. The maximum atomic E-state index is 13.6. The van der Waals surface area contributed by atoms with Crippen LogP contribution in [0.3, 0.4) is 0 Å². The van der Waals surface area contributed by atoms with E-state index in [1.807, 2.05) is 61.7 Å². The minimum absolute atomic E-state index is 0.144.